The minimum Gasteiger partial charge on any atom is -0.478 e. The maximum absolute atomic E-state index is 11.4. The van der Waals surface area contributed by atoms with E-state index in [-0.39, 0.29) is 0 Å². The van der Waals surface area contributed by atoms with E-state index >= 15 is 0 Å². The zero-order chi connectivity index (χ0) is 13.1. The van der Waals surface area contributed by atoms with Gasteiger partial charge in [0.05, 0.1) is 0 Å². The van der Waals surface area contributed by atoms with Gasteiger partial charge in [-0.05, 0) is 31.7 Å². The highest BCUT2D eigenvalue weighted by Gasteiger charge is 2.17. The first kappa shape index (κ1) is 12.6. The molecule has 0 amide bonds. The fourth-order valence-electron chi connectivity index (χ4n) is 1.73. The summed E-state index contributed by atoms with van der Waals surface area (Å²) < 4.78 is 10.8. The van der Waals surface area contributed by atoms with Gasteiger partial charge in [0.25, 0.3) is 0 Å². The summed E-state index contributed by atoms with van der Waals surface area (Å²) in [4.78, 5) is 13.6. The second-order valence-corrected chi connectivity index (χ2v) is 4.36. The molecule has 0 saturated carbocycles. The molecule has 0 unspecified atom stereocenters. The molecular formula is C14H17NO3. The number of nitrogens with zero attached hydrogens (tertiary/aromatic N) is 1. The lowest BCUT2D eigenvalue weighted by Crippen LogP contribution is -2.31. The maximum atomic E-state index is 11.4. The molecule has 96 valence electrons. The molecule has 0 fully saturated rings. The van der Waals surface area contributed by atoms with Crippen molar-refractivity contribution >= 4 is 5.97 Å². The van der Waals surface area contributed by atoms with E-state index in [1.807, 2.05) is 12.1 Å². The van der Waals surface area contributed by atoms with E-state index in [1.54, 1.807) is 13.0 Å². The summed E-state index contributed by atoms with van der Waals surface area (Å²) in [5, 5.41) is 0. The van der Waals surface area contributed by atoms with Crippen LogP contribution in [0.5, 0.6) is 11.5 Å². The summed E-state index contributed by atoms with van der Waals surface area (Å²) in [6.07, 6.45) is 0. The van der Waals surface area contributed by atoms with Gasteiger partial charge < -0.3 is 9.47 Å². The number of ether oxygens (including phenoxy) is 2. The minimum absolute atomic E-state index is 0.388. The van der Waals surface area contributed by atoms with Crippen LogP contribution in [0.25, 0.3) is 0 Å². The smallest absolute Gasteiger partial charge is 0.338 e. The van der Waals surface area contributed by atoms with E-state index in [2.05, 4.69) is 18.4 Å². The highest BCUT2D eigenvalue weighted by molar-refractivity contribution is 5.88. The Kier molecular flexibility index (Phi) is 3.67. The molecule has 2 rings (SSSR count). The fourth-order valence-corrected chi connectivity index (χ4v) is 1.73. The predicted molar refractivity (Wildman–Crippen MR) is 68.5 cm³/mol. The average molecular weight is 247 g/mol. The maximum Gasteiger partial charge on any atom is 0.338 e. The molecule has 1 aliphatic rings. The van der Waals surface area contributed by atoms with Crippen LogP contribution < -0.4 is 9.47 Å². The van der Waals surface area contributed by atoms with Crippen molar-refractivity contribution in [2.45, 2.75) is 20.4 Å². The molecule has 0 bridgehead atoms. The predicted octanol–water partition coefficient (Wildman–Crippen LogP) is 2.34. The molecule has 0 saturated heterocycles. The Bertz CT molecular complexity index is 482. The first-order chi connectivity index (χ1) is 8.60. The van der Waals surface area contributed by atoms with Crippen LogP contribution in [0, 0.1) is 0 Å². The largest absolute Gasteiger partial charge is 0.478 e. The van der Waals surface area contributed by atoms with Crippen molar-refractivity contribution in [2.24, 2.45) is 0 Å². The van der Waals surface area contributed by atoms with Crippen molar-refractivity contribution in [1.82, 2.24) is 4.90 Å². The Morgan fingerprint density at radius 2 is 2.33 bits per heavy atom. The Balaban J connectivity index is 2.16. The van der Waals surface area contributed by atoms with Crippen molar-refractivity contribution in [3.8, 4) is 11.5 Å². The molecule has 18 heavy (non-hydrogen) atoms. The van der Waals surface area contributed by atoms with Gasteiger partial charge in [-0.1, -0.05) is 13.5 Å². The number of hydrogen-bond acceptors (Lipinski definition) is 4. The molecule has 0 N–H and O–H groups in total. The highest BCUT2D eigenvalue weighted by Crippen LogP contribution is 2.28. The highest BCUT2D eigenvalue weighted by atomic mass is 16.5. The first-order valence-electron chi connectivity index (χ1n) is 5.96. The van der Waals surface area contributed by atoms with Gasteiger partial charge >= 0.3 is 5.97 Å². The Hall–Kier alpha value is -1.81. The number of fused-ring (bicyclic) bond motifs is 1. The van der Waals surface area contributed by atoms with Crippen LogP contribution >= 0.6 is 0 Å². The van der Waals surface area contributed by atoms with E-state index in [4.69, 9.17) is 9.47 Å². The topological polar surface area (TPSA) is 38.8 Å². The summed E-state index contributed by atoms with van der Waals surface area (Å²) in [5.41, 5.74) is 1.43. The van der Waals surface area contributed by atoms with Crippen LogP contribution in [0.2, 0.25) is 0 Å². The third-order valence-corrected chi connectivity index (χ3v) is 2.83. The van der Waals surface area contributed by atoms with E-state index < -0.39 is 5.97 Å². The minimum atomic E-state index is -0.404. The molecule has 1 aliphatic heterocycles. The molecule has 4 nitrogen and oxygen atoms in total. The molecule has 4 heteroatoms. The van der Waals surface area contributed by atoms with Gasteiger partial charge in [-0.3, -0.25) is 4.90 Å². The Morgan fingerprint density at radius 3 is 3.00 bits per heavy atom. The van der Waals surface area contributed by atoms with E-state index in [9.17, 15) is 4.79 Å². The SMILES string of the molecule is C=C(C)C(=O)Oc1ccc2c(c1)CN(CC)CO2. The van der Waals surface area contributed by atoms with Crippen LogP contribution in [-0.4, -0.2) is 24.1 Å². The molecule has 0 aromatic heterocycles. The van der Waals surface area contributed by atoms with Crippen LogP contribution in [0.4, 0.5) is 0 Å². The first-order valence-corrected chi connectivity index (χ1v) is 5.96. The van der Waals surface area contributed by atoms with Crippen molar-refractivity contribution in [3.05, 3.63) is 35.9 Å². The quantitative estimate of drug-likeness (QED) is 0.467. The van der Waals surface area contributed by atoms with Crippen molar-refractivity contribution in [3.63, 3.8) is 0 Å². The van der Waals surface area contributed by atoms with Gasteiger partial charge in [0.2, 0.25) is 0 Å². The van der Waals surface area contributed by atoms with Gasteiger partial charge in [0, 0.05) is 17.7 Å². The van der Waals surface area contributed by atoms with Gasteiger partial charge in [-0.2, -0.15) is 0 Å². The molecule has 0 atom stereocenters. The second-order valence-electron chi connectivity index (χ2n) is 4.36. The average Bonchev–Trinajstić information content (AvgIpc) is 2.37. The van der Waals surface area contributed by atoms with Crippen molar-refractivity contribution in [2.75, 3.05) is 13.3 Å². The zero-order valence-corrected chi connectivity index (χ0v) is 10.7. The number of carbonyl (C=O) groups excluding carboxylic acids is 1. The fraction of sp³-hybridized carbons (Fsp3) is 0.357. The van der Waals surface area contributed by atoms with Crippen LogP contribution in [0.3, 0.4) is 0 Å². The normalized spacial score (nSPS) is 14.6. The molecule has 1 aromatic carbocycles. The monoisotopic (exact) mass is 247 g/mol. The van der Waals surface area contributed by atoms with E-state index in [1.165, 1.54) is 0 Å². The molecule has 0 radical (unpaired) electrons. The lowest BCUT2D eigenvalue weighted by atomic mass is 10.1. The van der Waals surface area contributed by atoms with Crippen molar-refractivity contribution < 1.29 is 14.3 Å². The summed E-state index contributed by atoms with van der Waals surface area (Å²) in [6, 6.07) is 5.42. The van der Waals surface area contributed by atoms with Crippen molar-refractivity contribution in [1.29, 1.82) is 0 Å². The summed E-state index contributed by atoms with van der Waals surface area (Å²) in [6.45, 7) is 9.61. The summed E-state index contributed by atoms with van der Waals surface area (Å²) in [5.74, 6) is 0.983. The van der Waals surface area contributed by atoms with Gasteiger partial charge in [0.15, 0.2) is 0 Å². The number of esters is 1. The second kappa shape index (κ2) is 5.23. The van der Waals surface area contributed by atoms with Gasteiger partial charge in [-0.15, -0.1) is 0 Å². The standard InChI is InChI=1S/C14H17NO3/c1-4-15-8-11-7-12(18-14(16)10(2)3)5-6-13(11)17-9-15/h5-7H,2,4,8-9H2,1,3H3. The molecular weight excluding hydrogens is 230 g/mol. The molecule has 0 aliphatic carbocycles. The van der Waals surface area contributed by atoms with Crippen LogP contribution in [0.1, 0.15) is 19.4 Å². The third-order valence-electron chi connectivity index (χ3n) is 2.83. The lowest BCUT2D eigenvalue weighted by Gasteiger charge is -2.27. The summed E-state index contributed by atoms with van der Waals surface area (Å²) in [7, 11) is 0. The Morgan fingerprint density at radius 1 is 1.56 bits per heavy atom. The molecule has 1 heterocycles. The number of rotatable bonds is 3. The van der Waals surface area contributed by atoms with Gasteiger partial charge in [-0.25, -0.2) is 4.79 Å². The zero-order valence-electron chi connectivity index (χ0n) is 10.7. The number of carbonyl (C=O) groups is 1. The van der Waals surface area contributed by atoms with E-state index in [0.717, 1.165) is 24.4 Å². The molecule has 1 aromatic rings. The van der Waals surface area contributed by atoms with Crippen LogP contribution in [0.15, 0.2) is 30.4 Å². The van der Waals surface area contributed by atoms with Crippen LogP contribution in [-0.2, 0) is 11.3 Å². The lowest BCUT2D eigenvalue weighted by molar-refractivity contribution is -0.130. The van der Waals surface area contributed by atoms with Gasteiger partial charge in [0.1, 0.15) is 18.2 Å². The number of hydrogen-bond donors (Lipinski definition) is 0. The molecule has 0 spiro atoms. The number of benzene rings is 1. The van der Waals surface area contributed by atoms with E-state index in [0.29, 0.717) is 18.1 Å². The Labute approximate surface area is 107 Å². The summed E-state index contributed by atoms with van der Waals surface area (Å²) >= 11 is 0. The third kappa shape index (κ3) is 2.71.